The van der Waals surface area contributed by atoms with Gasteiger partial charge in [0.2, 0.25) is 11.9 Å². The molecule has 2 aliphatic carbocycles. The molecule has 2 atom stereocenters. The molecule has 0 bridgehead atoms. The number of rotatable bonds is 8. The number of nitrogens with zero attached hydrogens (tertiary/aromatic N) is 9. The lowest BCUT2D eigenvalue weighted by atomic mass is 10.2. The van der Waals surface area contributed by atoms with E-state index in [1.807, 2.05) is 13.1 Å². The number of aromatic nitrogens is 7. The zero-order valence-electron chi connectivity index (χ0n) is 22.8. The van der Waals surface area contributed by atoms with Crippen LogP contribution in [-0.4, -0.2) is 70.6 Å². The van der Waals surface area contributed by atoms with Crippen LogP contribution < -0.4 is 15.5 Å². The van der Waals surface area contributed by atoms with Crippen molar-refractivity contribution in [3.05, 3.63) is 59.6 Å². The highest BCUT2D eigenvalue weighted by Gasteiger charge is 2.46. The van der Waals surface area contributed by atoms with Crippen LogP contribution >= 0.6 is 0 Å². The Labute approximate surface area is 238 Å². The molecule has 2 N–H and O–H groups in total. The predicted molar refractivity (Wildman–Crippen MR) is 146 cm³/mol. The van der Waals surface area contributed by atoms with Crippen molar-refractivity contribution in [3.8, 4) is 0 Å². The zero-order valence-corrected chi connectivity index (χ0v) is 22.8. The minimum atomic E-state index is -0.697. The summed E-state index contributed by atoms with van der Waals surface area (Å²) >= 11 is 0. The molecule has 14 nitrogen and oxygen atoms in total. The molecule has 2 saturated carbocycles. The lowest BCUT2D eigenvalue weighted by Crippen LogP contribution is -2.31. The van der Waals surface area contributed by atoms with Crippen LogP contribution in [0.1, 0.15) is 54.0 Å². The summed E-state index contributed by atoms with van der Waals surface area (Å²) in [5, 5.41) is 5.57. The van der Waals surface area contributed by atoms with E-state index in [2.05, 4.69) is 35.6 Å². The first-order chi connectivity index (χ1) is 20.2. The van der Waals surface area contributed by atoms with E-state index in [9.17, 15) is 18.8 Å². The lowest BCUT2D eigenvalue weighted by molar-refractivity contribution is -0.124. The van der Waals surface area contributed by atoms with Gasteiger partial charge < -0.3 is 9.72 Å². The number of carbonyl (C=O) groups excluding carboxylic acids is 3. The third-order valence-electron chi connectivity index (χ3n) is 7.61. The third-order valence-corrected chi connectivity index (χ3v) is 7.61. The number of hydrogen-bond donors (Lipinski definition) is 2. The van der Waals surface area contributed by atoms with E-state index in [4.69, 9.17) is 4.98 Å². The summed E-state index contributed by atoms with van der Waals surface area (Å²) in [6, 6.07) is 1.33. The molecule has 1 aliphatic heterocycles. The van der Waals surface area contributed by atoms with Gasteiger partial charge in [-0.2, -0.15) is 4.98 Å². The Hall–Kier alpha value is -5.08. The summed E-state index contributed by atoms with van der Waals surface area (Å²) in [6.45, 7) is 1.84. The van der Waals surface area contributed by atoms with Crippen LogP contribution in [0.4, 0.5) is 26.8 Å². The minimum absolute atomic E-state index is 0.0309. The van der Waals surface area contributed by atoms with Crippen LogP contribution in [0, 0.1) is 18.7 Å². The summed E-state index contributed by atoms with van der Waals surface area (Å²) in [4.78, 5) is 66.1. The Balaban J connectivity index is 1.07. The molecule has 3 fully saturated rings. The molecule has 0 aromatic carbocycles. The number of imidazole rings is 1. The Morgan fingerprint density at radius 3 is 2.69 bits per heavy atom. The number of halogens is 1. The fourth-order valence-corrected chi connectivity index (χ4v) is 5.00. The second-order valence-electron chi connectivity index (χ2n) is 10.8. The molecule has 42 heavy (non-hydrogen) atoms. The van der Waals surface area contributed by atoms with Gasteiger partial charge in [0, 0.05) is 49.1 Å². The van der Waals surface area contributed by atoms with Gasteiger partial charge in [-0.1, -0.05) is 0 Å². The second-order valence-corrected chi connectivity index (χ2v) is 10.8. The molecule has 3 aliphatic rings. The third kappa shape index (κ3) is 4.76. The molecule has 4 amide bonds. The Bertz CT molecular complexity index is 1770. The lowest BCUT2D eigenvalue weighted by Gasteiger charge is -2.15. The van der Waals surface area contributed by atoms with Crippen LogP contribution in [-0.2, 0) is 16.1 Å². The van der Waals surface area contributed by atoms with E-state index in [1.54, 1.807) is 22.9 Å². The van der Waals surface area contributed by atoms with Gasteiger partial charge in [-0.05, 0) is 32.3 Å². The number of aryl methyl sites for hydroxylation is 1. The number of carbonyl (C=O) groups is 3. The highest BCUT2D eigenvalue weighted by molar-refractivity contribution is 6.12. The first-order valence-corrected chi connectivity index (χ1v) is 13.6. The molecular formula is C27H26FN11O3. The standard InChI is InChI=1S/C27H26FN11O3/c1-13-5-6-29-21(32-13)16-7-17(16)25(41)36-26-31-9-18(28)22(35-26)30-8-15-10-38-11-19(14-3-4-14)34-24(23(38)33-15)39-12-20(40)37(2)27(39)42/h5-6,9-11,14,16-17H,3-4,7-8,12H2,1-2H3,(H2,30,31,35,36,41). The molecule has 4 aromatic rings. The quantitative estimate of drug-likeness (QED) is 0.300. The molecule has 0 radical (unpaired) electrons. The highest BCUT2D eigenvalue weighted by atomic mass is 19.1. The van der Waals surface area contributed by atoms with E-state index in [-0.39, 0.29) is 48.5 Å². The first-order valence-electron chi connectivity index (χ1n) is 13.6. The van der Waals surface area contributed by atoms with Crippen molar-refractivity contribution in [2.24, 2.45) is 5.92 Å². The fraction of sp³-hybridized carbons (Fsp3) is 0.370. The maximum Gasteiger partial charge on any atom is 0.332 e. The molecule has 214 valence electrons. The summed E-state index contributed by atoms with van der Waals surface area (Å²) in [5.74, 6) is -0.603. The normalized spacial score (nSPS) is 20.0. The van der Waals surface area contributed by atoms with E-state index < -0.39 is 11.8 Å². The molecule has 7 rings (SSSR count). The minimum Gasteiger partial charge on any atom is -0.362 e. The van der Waals surface area contributed by atoms with Gasteiger partial charge >= 0.3 is 6.03 Å². The van der Waals surface area contributed by atoms with Gasteiger partial charge in [0.1, 0.15) is 12.4 Å². The van der Waals surface area contributed by atoms with Crippen LogP contribution in [0.15, 0.2) is 30.9 Å². The molecule has 5 heterocycles. The van der Waals surface area contributed by atoms with E-state index in [0.29, 0.717) is 35.3 Å². The average Bonchev–Trinajstić information content (AvgIpc) is 3.90. The van der Waals surface area contributed by atoms with Crippen molar-refractivity contribution in [1.82, 2.24) is 39.2 Å². The highest BCUT2D eigenvalue weighted by Crippen LogP contribution is 2.46. The number of amides is 4. The molecular weight excluding hydrogens is 545 g/mol. The van der Waals surface area contributed by atoms with Gasteiger partial charge in [-0.15, -0.1) is 0 Å². The second kappa shape index (κ2) is 9.78. The molecule has 1 saturated heterocycles. The average molecular weight is 572 g/mol. The summed E-state index contributed by atoms with van der Waals surface area (Å²) in [5.41, 5.74) is 2.58. The first kappa shape index (κ1) is 25.9. The van der Waals surface area contributed by atoms with Gasteiger partial charge in [0.05, 0.1) is 24.1 Å². The topological polar surface area (TPSA) is 163 Å². The van der Waals surface area contributed by atoms with Gasteiger partial charge in [0.25, 0.3) is 5.91 Å². The number of imide groups is 1. The van der Waals surface area contributed by atoms with Crippen LogP contribution in [0.25, 0.3) is 5.65 Å². The largest absolute Gasteiger partial charge is 0.362 e. The smallest absolute Gasteiger partial charge is 0.332 e. The predicted octanol–water partition coefficient (Wildman–Crippen LogP) is 2.39. The van der Waals surface area contributed by atoms with Gasteiger partial charge in [-0.25, -0.2) is 34.1 Å². The van der Waals surface area contributed by atoms with Crippen molar-refractivity contribution in [3.63, 3.8) is 0 Å². The van der Waals surface area contributed by atoms with E-state index in [0.717, 1.165) is 35.3 Å². The van der Waals surface area contributed by atoms with E-state index in [1.165, 1.54) is 11.9 Å². The van der Waals surface area contributed by atoms with Crippen LogP contribution in [0.2, 0.25) is 0 Å². The van der Waals surface area contributed by atoms with Crippen molar-refractivity contribution in [1.29, 1.82) is 0 Å². The molecule has 2 unspecified atom stereocenters. The van der Waals surface area contributed by atoms with E-state index >= 15 is 0 Å². The van der Waals surface area contributed by atoms with Crippen molar-refractivity contribution < 1.29 is 18.8 Å². The molecule has 15 heteroatoms. The summed E-state index contributed by atoms with van der Waals surface area (Å²) < 4.78 is 16.4. The van der Waals surface area contributed by atoms with Gasteiger partial charge in [0.15, 0.2) is 23.1 Å². The Morgan fingerprint density at radius 1 is 1.12 bits per heavy atom. The molecule has 0 spiro atoms. The Morgan fingerprint density at radius 2 is 1.95 bits per heavy atom. The fourth-order valence-electron chi connectivity index (χ4n) is 5.00. The summed E-state index contributed by atoms with van der Waals surface area (Å²) in [7, 11) is 1.43. The van der Waals surface area contributed by atoms with Gasteiger partial charge in [-0.3, -0.25) is 24.7 Å². The van der Waals surface area contributed by atoms with Crippen molar-refractivity contribution in [2.75, 3.05) is 29.1 Å². The Kier molecular flexibility index (Phi) is 6.02. The number of anilines is 3. The maximum atomic E-state index is 14.6. The number of fused-ring (bicyclic) bond motifs is 1. The number of likely N-dealkylation sites (N-methyl/N-ethyl adjacent to an activating group) is 1. The number of hydrogen-bond acceptors (Lipinski definition) is 10. The van der Waals surface area contributed by atoms with Crippen molar-refractivity contribution in [2.45, 2.75) is 44.6 Å². The SMILES string of the molecule is Cc1ccnc(C2CC2C(=O)Nc2ncc(F)c(NCc3cn4cc(C5CC5)nc(N5CC(=O)N(C)C5=O)c4n3)n2)n1. The molecule has 4 aromatic heterocycles. The number of nitrogens with one attached hydrogen (secondary N) is 2. The van der Waals surface area contributed by atoms with Crippen LogP contribution in [0.3, 0.4) is 0 Å². The monoisotopic (exact) mass is 571 g/mol. The summed E-state index contributed by atoms with van der Waals surface area (Å²) in [6.07, 6.45) is 8.89. The van der Waals surface area contributed by atoms with Crippen LogP contribution in [0.5, 0.6) is 0 Å². The van der Waals surface area contributed by atoms with Crippen molar-refractivity contribution >= 4 is 41.1 Å². The number of urea groups is 1. The maximum absolute atomic E-state index is 14.6. The zero-order chi connectivity index (χ0) is 29.1.